The highest BCUT2D eigenvalue weighted by Gasteiger charge is 2.20. The molecule has 5 nitrogen and oxygen atoms in total. The monoisotopic (exact) mass is 408 g/mol. The van der Waals surface area contributed by atoms with E-state index in [-0.39, 0.29) is 5.91 Å². The second kappa shape index (κ2) is 8.91. The second-order valence-electron chi connectivity index (χ2n) is 6.21. The van der Waals surface area contributed by atoms with E-state index < -0.39 is 0 Å². The fourth-order valence-corrected chi connectivity index (χ4v) is 4.00. The highest BCUT2D eigenvalue weighted by molar-refractivity contribution is 7.97. The van der Waals surface area contributed by atoms with Gasteiger partial charge in [0.25, 0.3) is 5.91 Å². The third-order valence-corrected chi connectivity index (χ3v) is 5.71. The van der Waals surface area contributed by atoms with Gasteiger partial charge in [-0.3, -0.25) is 9.52 Å². The first-order valence-corrected chi connectivity index (χ1v) is 10.7. The number of nitriles is 1. The lowest BCUT2D eigenvalue weighted by atomic mass is 10.1. The first-order chi connectivity index (χ1) is 13.5. The molecule has 7 heteroatoms. The molecule has 2 aromatic carbocycles. The quantitative estimate of drug-likeness (QED) is 0.583. The number of anilines is 2. The molecule has 0 bridgehead atoms. The topological polar surface area (TPSA) is 69.0 Å². The van der Waals surface area contributed by atoms with E-state index in [0.29, 0.717) is 17.8 Å². The molecule has 142 valence electrons. The molecule has 28 heavy (non-hydrogen) atoms. The summed E-state index contributed by atoms with van der Waals surface area (Å²) in [6, 6.07) is 17.8. The van der Waals surface area contributed by atoms with Crippen LogP contribution < -0.4 is 9.62 Å². The maximum absolute atomic E-state index is 12.3. The number of aryl methyl sites for hydroxylation is 2. The summed E-state index contributed by atoms with van der Waals surface area (Å²) in [5.41, 5.74) is 4.34. The van der Waals surface area contributed by atoms with Crippen molar-refractivity contribution >= 4 is 40.0 Å². The van der Waals surface area contributed by atoms with Crippen molar-refractivity contribution < 1.29 is 4.79 Å². The van der Waals surface area contributed by atoms with Crippen molar-refractivity contribution in [3.8, 4) is 6.07 Å². The van der Waals surface area contributed by atoms with Crippen LogP contribution in [0.25, 0.3) is 0 Å². The molecule has 0 aliphatic heterocycles. The van der Waals surface area contributed by atoms with Gasteiger partial charge in [-0.1, -0.05) is 36.2 Å². The van der Waals surface area contributed by atoms with E-state index in [1.807, 2.05) is 37.4 Å². The number of amides is 1. The van der Waals surface area contributed by atoms with E-state index in [1.54, 1.807) is 12.1 Å². The van der Waals surface area contributed by atoms with E-state index in [2.05, 4.69) is 39.7 Å². The number of hydrogen-bond acceptors (Lipinski definition) is 6. The molecule has 0 aliphatic rings. The molecule has 0 atom stereocenters. The fraction of sp³-hybridized carbons (Fsp3) is 0.190. The predicted molar refractivity (Wildman–Crippen MR) is 116 cm³/mol. The zero-order valence-corrected chi connectivity index (χ0v) is 17.5. The average Bonchev–Trinajstić information content (AvgIpc) is 3.09. The first kappa shape index (κ1) is 19.9. The number of nitrogens with one attached hydrogen (secondary N) is 1. The standard InChI is InChI=1S/C21H20N4OS2/c1-14-6-4-5-7-17(14)13-25(18-10-8-16(12-22)9-11-18)21-23-19(15(2)28-21)20(26)24-27-3/h4-11H,13H2,1-3H3,(H,24,26). The number of hydrogen-bond donors (Lipinski definition) is 1. The van der Waals surface area contributed by atoms with Crippen molar-refractivity contribution in [3.05, 3.63) is 75.8 Å². The van der Waals surface area contributed by atoms with Crippen molar-refractivity contribution in [3.63, 3.8) is 0 Å². The first-order valence-electron chi connectivity index (χ1n) is 8.66. The summed E-state index contributed by atoms with van der Waals surface area (Å²) in [5.74, 6) is -0.192. The van der Waals surface area contributed by atoms with Gasteiger partial charge in [-0.05, 0) is 49.2 Å². The van der Waals surface area contributed by atoms with Crippen LogP contribution in [0.4, 0.5) is 10.8 Å². The minimum absolute atomic E-state index is 0.192. The van der Waals surface area contributed by atoms with Gasteiger partial charge in [-0.15, -0.1) is 11.3 Å². The lowest BCUT2D eigenvalue weighted by Crippen LogP contribution is -2.19. The van der Waals surface area contributed by atoms with Gasteiger partial charge in [0.15, 0.2) is 5.13 Å². The minimum atomic E-state index is -0.192. The Hall–Kier alpha value is -2.82. The molecule has 0 saturated heterocycles. The van der Waals surface area contributed by atoms with Crippen LogP contribution in [0, 0.1) is 25.2 Å². The maximum Gasteiger partial charge on any atom is 0.280 e. The van der Waals surface area contributed by atoms with Crippen molar-refractivity contribution in [1.82, 2.24) is 9.71 Å². The SMILES string of the molecule is CSNC(=O)c1nc(N(Cc2ccccc2C)c2ccc(C#N)cc2)sc1C. The summed E-state index contributed by atoms with van der Waals surface area (Å²) in [6.07, 6.45) is 1.81. The number of thiazole rings is 1. The zero-order chi connectivity index (χ0) is 20.1. The van der Waals surface area contributed by atoms with Crippen LogP contribution in [-0.4, -0.2) is 17.1 Å². The zero-order valence-electron chi connectivity index (χ0n) is 15.9. The smallest absolute Gasteiger partial charge is 0.280 e. The van der Waals surface area contributed by atoms with Gasteiger partial charge >= 0.3 is 0 Å². The van der Waals surface area contributed by atoms with Crippen LogP contribution in [-0.2, 0) is 6.54 Å². The van der Waals surface area contributed by atoms with E-state index in [0.717, 1.165) is 15.7 Å². The summed E-state index contributed by atoms with van der Waals surface area (Å²) in [6.45, 7) is 4.60. The summed E-state index contributed by atoms with van der Waals surface area (Å²) in [5, 5.41) is 9.83. The molecule has 0 fully saturated rings. The Morgan fingerprint density at radius 2 is 1.93 bits per heavy atom. The van der Waals surface area contributed by atoms with E-state index in [4.69, 9.17) is 5.26 Å². The normalized spacial score (nSPS) is 10.4. The van der Waals surface area contributed by atoms with Crippen LogP contribution in [0.5, 0.6) is 0 Å². The Balaban J connectivity index is 2.03. The summed E-state index contributed by atoms with van der Waals surface area (Å²) >= 11 is 2.74. The van der Waals surface area contributed by atoms with E-state index >= 15 is 0 Å². The average molecular weight is 409 g/mol. The number of carbonyl (C=O) groups excluding carboxylic acids is 1. The molecule has 1 aromatic heterocycles. The highest BCUT2D eigenvalue weighted by atomic mass is 32.2. The number of aromatic nitrogens is 1. The predicted octanol–water partition coefficient (Wildman–Crippen LogP) is 4.98. The molecule has 1 heterocycles. The molecule has 1 N–H and O–H groups in total. The van der Waals surface area contributed by atoms with Crippen molar-refractivity contribution in [2.45, 2.75) is 20.4 Å². The molecule has 3 aromatic rings. The van der Waals surface area contributed by atoms with Crippen LogP contribution in [0.3, 0.4) is 0 Å². The lowest BCUT2D eigenvalue weighted by Gasteiger charge is -2.23. The van der Waals surface area contributed by atoms with Gasteiger partial charge in [0.1, 0.15) is 5.69 Å². The minimum Gasteiger partial charge on any atom is -0.313 e. The molecule has 0 radical (unpaired) electrons. The Kier molecular flexibility index (Phi) is 6.34. The van der Waals surface area contributed by atoms with Gasteiger partial charge in [0.2, 0.25) is 0 Å². The molecule has 0 aliphatic carbocycles. The highest BCUT2D eigenvalue weighted by Crippen LogP contribution is 2.33. The Labute approximate surface area is 173 Å². The van der Waals surface area contributed by atoms with Crippen molar-refractivity contribution in [1.29, 1.82) is 5.26 Å². The number of carbonyl (C=O) groups is 1. The van der Waals surface area contributed by atoms with Gasteiger partial charge in [0, 0.05) is 16.8 Å². The molecule has 3 rings (SSSR count). The van der Waals surface area contributed by atoms with Gasteiger partial charge in [-0.2, -0.15) is 5.26 Å². The molecule has 0 saturated carbocycles. The number of nitrogens with zero attached hydrogens (tertiary/aromatic N) is 3. The molecule has 0 unspecified atom stereocenters. The molecular weight excluding hydrogens is 388 g/mol. The van der Waals surface area contributed by atoms with Crippen molar-refractivity contribution in [2.75, 3.05) is 11.2 Å². The van der Waals surface area contributed by atoms with Crippen LogP contribution >= 0.6 is 23.3 Å². The van der Waals surface area contributed by atoms with Crippen molar-refractivity contribution in [2.24, 2.45) is 0 Å². The Morgan fingerprint density at radius 3 is 2.57 bits per heavy atom. The number of rotatable bonds is 6. The van der Waals surface area contributed by atoms with E-state index in [9.17, 15) is 4.79 Å². The fourth-order valence-electron chi connectivity index (χ4n) is 2.79. The summed E-state index contributed by atoms with van der Waals surface area (Å²) < 4.78 is 2.74. The number of benzene rings is 2. The largest absolute Gasteiger partial charge is 0.313 e. The Morgan fingerprint density at radius 1 is 1.21 bits per heavy atom. The van der Waals surface area contributed by atoms with E-state index in [1.165, 1.54) is 34.4 Å². The van der Waals surface area contributed by atoms with Gasteiger partial charge < -0.3 is 4.90 Å². The van der Waals surface area contributed by atoms with Crippen LogP contribution in [0.15, 0.2) is 48.5 Å². The lowest BCUT2D eigenvalue weighted by molar-refractivity contribution is 0.0980. The van der Waals surface area contributed by atoms with Crippen LogP contribution in [0.1, 0.15) is 32.1 Å². The summed E-state index contributed by atoms with van der Waals surface area (Å²) in [4.78, 5) is 19.9. The van der Waals surface area contributed by atoms with Gasteiger partial charge in [-0.25, -0.2) is 4.98 Å². The second-order valence-corrected chi connectivity index (χ2v) is 8.00. The third kappa shape index (κ3) is 4.35. The molecule has 1 amide bonds. The molecular formula is C21H20N4OS2. The van der Waals surface area contributed by atoms with Crippen LogP contribution in [0.2, 0.25) is 0 Å². The third-order valence-electron chi connectivity index (χ3n) is 4.32. The summed E-state index contributed by atoms with van der Waals surface area (Å²) in [7, 11) is 0. The molecule has 0 spiro atoms. The van der Waals surface area contributed by atoms with Gasteiger partial charge in [0.05, 0.1) is 18.2 Å². The Bertz CT molecular complexity index is 1020. The maximum atomic E-state index is 12.3.